The summed E-state index contributed by atoms with van der Waals surface area (Å²) >= 11 is 0. The average Bonchev–Trinajstić information content (AvgIpc) is 2.87. The minimum atomic E-state index is -4.39. The number of rotatable bonds is 5. The highest BCUT2D eigenvalue weighted by atomic mass is 19.4. The first-order valence-corrected chi connectivity index (χ1v) is 7.62. The van der Waals surface area contributed by atoms with Crippen LogP contribution < -0.4 is 10.6 Å². The molecule has 0 fully saturated rings. The number of hydrogen-bond donors (Lipinski definition) is 3. The molecule has 0 atom stereocenters. The van der Waals surface area contributed by atoms with Gasteiger partial charge in [0.1, 0.15) is 12.2 Å². The maximum absolute atomic E-state index is 12.5. The number of nitrogens with one attached hydrogen (secondary N) is 3. The van der Waals surface area contributed by atoms with Crippen LogP contribution in [0.3, 0.4) is 0 Å². The number of H-pyrrole nitrogens is 1. The summed E-state index contributed by atoms with van der Waals surface area (Å²) in [5.41, 5.74) is 1.56. The molecule has 0 radical (unpaired) electrons. The molecule has 1 amide bonds. The predicted octanol–water partition coefficient (Wildman–Crippen LogP) is 3.64. The van der Waals surface area contributed by atoms with Crippen LogP contribution in [0.4, 0.5) is 24.5 Å². The van der Waals surface area contributed by atoms with E-state index in [1.807, 2.05) is 0 Å². The Morgan fingerprint density at radius 3 is 2.35 bits per heavy atom. The van der Waals surface area contributed by atoms with Gasteiger partial charge in [0.15, 0.2) is 0 Å². The summed E-state index contributed by atoms with van der Waals surface area (Å²) in [4.78, 5) is 27.1. The largest absolute Gasteiger partial charge is 0.465 e. The topological polar surface area (TPSA) is 83.2 Å². The van der Waals surface area contributed by atoms with Crippen molar-refractivity contribution in [1.82, 2.24) is 4.98 Å². The molecule has 2 rings (SSSR count). The number of methoxy groups -OCH3 is 1. The van der Waals surface area contributed by atoms with Crippen LogP contribution in [0.25, 0.3) is 0 Å². The minimum Gasteiger partial charge on any atom is -0.465 e. The summed E-state index contributed by atoms with van der Waals surface area (Å²) in [5.74, 6) is -1.16. The molecule has 6 nitrogen and oxygen atoms in total. The quantitative estimate of drug-likeness (QED) is 0.703. The zero-order valence-corrected chi connectivity index (χ0v) is 14.4. The van der Waals surface area contributed by atoms with Crippen molar-refractivity contribution in [3.8, 4) is 0 Å². The van der Waals surface area contributed by atoms with E-state index in [1.54, 1.807) is 26.0 Å². The molecule has 1 aromatic carbocycles. The Labute approximate surface area is 147 Å². The summed E-state index contributed by atoms with van der Waals surface area (Å²) in [7, 11) is 1.23. The van der Waals surface area contributed by atoms with Gasteiger partial charge < -0.3 is 20.4 Å². The van der Waals surface area contributed by atoms with Gasteiger partial charge in [0, 0.05) is 5.69 Å². The van der Waals surface area contributed by atoms with Crippen LogP contribution in [0.15, 0.2) is 24.3 Å². The van der Waals surface area contributed by atoms with E-state index in [0.29, 0.717) is 11.3 Å². The van der Waals surface area contributed by atoms with Gasteiger partial charge in [-0.2, -0.15) is 13.2 Å². The third kappa shape index (κ3) is 4.35. The second kappa shape index (κ2) is 7.51. The summed E-state index contributed by atoms with van der Waals surface area (Å²) in [6.07, 6.45) is -4.39. The van der Waals surface area contributed by atoms with Crippen molar-refractivity contribution in [1.29, 1.82) is 0 Å². The standard InChI is InChI=1S/C17H18F3N3O3/c1-9-13(16(25)26-3)10(2)22-14(9)15(24)23-12-7-5-4-6-11(12)21-8-17(18,19)20/h4-7,21-22H,8H2,1-3H3,(H,23,24). The Morgan fingerprint density at radius 2 is 1.77 bits per heavy atom. The Morgan fingerprint density at radius 1 is 1.15 bits per heavy atom. The number of benzene rings is 1. The van der Waals surface area contributed by atoms with E-state index in [1.165, 1.54) is 19.2 Å². The molecule has 26 heavy (non-hydrogen) atoms. The van der Waals surface area contributed by atoms with Gasteiger partial charge in [0.25, 0.3) is 5.91 Å². The second-order valence-corrected chi connectivity index (χ2v) is 5.59. The van der Waals surface area contributed by atoms with Gasteiger partial charge in [-0.3, -0.25) is 4.79 Å². The number of hydrogen-bond acceptors (Lipinski definition) is 4. The van der Waals surface area contributed by atoms with E-state index >= 15 is 0 Å². The maximum atomic E-state index is 12.5. The number of alkyl halides is 3. The molecule has 0 saturated heterocycles. The molecular weight excluding hydrogens is 351 g/mol. The van der Waals surface area contributed by atoms with E-state index in [0.717, 1.165) is 0 Å². The Hall–Kier alpha value is -2.97. The minimum absolute atomic E-state index is 0.132. The van der Waals surface area contributed by atoms with Gasteiger partial charge in [0.2, 0.25) is 0 Å². The average molecular weight is 369 g/mol. The third-order valence-electron chi connectivity index (χ3n) is 3.71. The number of aryl methyl sites for hydroxylation is 1. The van der Waals surface area contributed by atoms with Gasteiger partial charge in [-0.05, 0) is 31.5 Å². The van der Waals surface area contributed by atoms with Crippen LogP contribution in [-0.2, 0) is 4.74 Å². The van der Waals surface area contributed by atoms with Gasteiger partial charge in [-0.15, -0.1) is 0 Å². The van der Waals surface area contributed by atoms with E-state index in [-0.39, 0.29) is 22.6 Å². The number of halogens is 3. The second-order valence-electron chi connectivity index (χ2n) is 5.59. The zero-order chi connectivity index (χ0) is 19.5. The highest BCUT2D eigenvalue weighted by Gasteiger charge is 2.27. The van der Waals surface area contributed by atoms with E-state index < -0.39 is 24.6 Å². The number of anilines is 2. The van der Waals surface area contributed by atoms with Crippen LogP contribution in [0.5, 0.6) is 0 Å². The Balaban J connectivity index is 2.25. The smallest absolute Gasteiger partial charge is 0.405 e. The van der Waals surface area contributed by atoms with Crippen molar-refractivity contribution in [3.63, 3.8) is 0 Å². The predicted molar refractivity (Wildman–Crippen MR) is 90.5 cm³/mol. The summed E-state index contributed by atoms with van der Waals surface area (Å²) in [6.45, 7) is 1.97. The van der Waals surface area contributed by atoms with Crippen molar-refractivity contribution in [2.24, 2.45) is 0 Å². The lowest BCUT2D eigenvalue weighted by Gasteiger charge is -2.14. The normalized spacial score (nSPS) is 11.2. The lowest BCUT2D eigenvalue weighted by atomic mass is 10.1. The van der Waals surface area contributed by atoms with Gasteiger partial charge in [-0.25, -0.2) is 4.79 Å². The molecule has 0 aliphatic carbocycles. The number of esters is 1. The van der Waals surface area contributed by atoms with Crippen LogP contribution in [0.1, 0.15) is 32.1 Å². The number of aromatic amines is 1. The van der Waals surface area contributed by atoms with Crippen molar-refractivity contribution in [2.45, 2.75) is 20.0 Å². The Kier molecular flexibility index (Phi) is 5.59. The number of aromatic nitrogens is 1. The molecule has 3 N–H and O–H groups in total. The number of carbonyl (C=O) groups excluding carboxylic acids is 2. The SMILES string of the molecule is COC(=O)c1c(C)[nH]c(C(=O)Nc2ccccc2NCC(F)(F)F)c1C. The molecular formula is C17H18F3N3O3. The molecule has 140 valence electrons. The first kappa shape index (κ1) is 19.4. The lowest BCUT2D eigenvalue weighted by Crippen LogP contribution is -2.22. The summed E-state index contributed by atoms with van der Waals surface area (Å²) in [5, 5.41) is 4.79. The van der Waals surface area contributed by atoms with Crippen LogP contribution >= 0.6 is 0 Å². The molecule has 0 saturated carbocycles. The fourth-order valence-corrected chi connectivity index (χ4v) is 2.51. The summed E-state index contributed by atoms with van der Waals surface area (Å²) < 4.78 is 41.9. The monoisotopic (exact) mass is 369 g/mol. The molecule has 0 bridgehead atoms. The highest BCUT2D eigenvalue weighted by molar-refractivity contribution is 6.08. The first-order valence-electron chi connectivity index (χ1n) is 7.62. The van der Waals surface area contributed by atoms with Crippen LogP contribution in [0.2, 0.25) is 0 Å². The number of ether oxygens (including phenoxy) is 1. The van der Waals surface area contributed by atoms with Gasteiger partial charge >= 0.3 is 12.1 Å². The molecule has 2 aromatic rings. The lowest BCUT2D eigenvalue weighted by molar-refractivity contribution is -0.115. The molecule has 9 heteroatoms. The number of amides is 1. The van der Waals surface area contributed by atoms with Crippen LogP contribution in [0, 0.1) is 13.8 Å². The van der Waals surface area contributed by atoms with Crippen molar-refractivity contribution >= 4 is 23.3 Å². The molecule has 0 unspecified atom stereocenters. The highest BCUT2D eigenvalue weighted by Crippen LogP contribution is 2.25. The van der Waals surface area contributed by atoms with Gasteiger partial charge in [0.05, 0.1) is 24.0 Å². The fourth-order valence-electron chi connectivity index (χ4n) is 2.51. The van der Waals surface area contributed by atoms with E-state index in [2.05, 4.69) is 20.4 Å². The Bertz CT molecular complexity index is 828. The van der Waals surface area contributed by atoms with E-state index in [9.17, 15) is 22.8 Å². The maximum Gasteiger partial charge on any atom is 0.405 e. The third-order valence-corrected chi connectivity index (χ3v) is 3.71. The van der Waals surface area contributed by atoms with Crippen LogP contribution in [-0.4, -0.2) is 36.7 Å². The summed E-state index contributed by atoms with van der Waals surface area (Å²) in [6, 6.07) is 6.03. The van der Waals surface area contributed by atoms with E-state index in [4.69, 9.17) is 0 Å². The molecule has 1 heterocycles. The molecule has 0 spiro atoms. The number of para-hydroxylation sites is 2. The van der Waals surface area contributed by atoms with Crippen molar-refractivity contribution in [3.05, 3.63) is 46.8 Å². The molecule has 1 aromatic heterocycles. The molecule has 0 aliphatic heterocycles. The molecule has 0 aliphatic rings. The van der Waals surface area contributed by atoms with Gasteiger partial charge in [-0.1, -0.05) is 12.1 Å². The zero-order valence-electron chi connectivity index (χ0n) is 14.4. The van der Waals surface area contributed by atoms with Crippen molar-refractivity contribution < 1.29 is 27.5 Å². The first-order chi connectivity index (χ1) is 12.1. The van der Waals surface area contributed by atoms with Crippen molar-refractivity contribution in [2.75, 3.05) is 24.3 Å². The number of carbonyl (C=O) groups is 2. The fraction of sp³-hybridized carbons (Fsp3) is 0.294.